The van der Waals surface area contributed by atoms with Crippen LogP contribution in [0.2, 0.25) is 0 Å². The van der Waals surface area contributed by atoms with E-state index >= 15 is 0 Å². The molecule has 0 bridgehead atoms. The van der Waals surface area contributed by atoms with Gasteiger partial charge in [-0.05, 0) is 56.0 Å². The molecule has 2 aliphatic rings. The molecule has 1 amide bonds. The van der Waals surface area contributed by atoms with E-state index in [1.54, 1.807) is 6.07 Å². The Labute approximate surface area is 269 Å². The van der Waals surface area contributed by atoms with Gasteiger partial charge in [0.25, 0.3) is 0 Å². The molecule has 244 valence electrons. The van der Waals surface area contributed by atoms with Crippen molar-refractivity contribution < 1.29 is 18.0 Å². The summed E-state index contributed by atoms with van der Waals surface area (Å²) >= 11 is 1.06. The van der Waals surface area contributed by atoms with Crippen LogP contribution < -0.4 is 16.4 Å². The van der Waals surface area contributed by atoms with Gasteiger partial charge >= 0.3 is 6.18 Å². The Hall–Kier alpha value is -3.77. The molecule has 2 atom stereocenters. The first-order chi connectivity index (χ1) is 22.0. The number of thiophene rings is 1. The third-order valence-electron chi connectivity index (χ3n) is 9.28. The molecular weight excluding hydrogens is 615 g/mol. The molecule has 14 heteroatoms. The monoisotopic (exact) mass is 653 g/mol. The molecule has 46 heavy (non-hydrogen) atoms. The van der Waals surface area contributed by atoms with Crippen molar-refractivity contribution in [3.05, 3.63) is 52.3 Å². The number of fused-ring (bicyclic) bond motifs is 2. The minimum Gasteiger partial charge on any atom is -0.368 e. The van der Waals surface area contributed by atoms with Gasteiger partial charge in [-0.3, -0.25) is 14.6 Å². The standard InChI is InChI=1S/C32H38F3N9OS/c1-19(43-10-7-38-27(17-43)29(37)45)15-44-23(14-36)11-25-20(2)21(3-4-28(25)44)16-42-8-5-22(6-9-42)41-30-26-12-24(13-32(33,34)35)46-31(26)40-18-39-30/h3-4,11-12,18-19,22,27,38H,5-10,13,15-17H2,1-2H3,(H2,37,45)(H,39,40,41)/t19-,27-/m0/s1. The molecule has 2 saturated heterocycles. The van der Waals surface area contributed by atoms with Gasteiger partial charge in [0.15, 0.2) is 0 Å². The second-order valence-corrected chi connectivity index (χ2v) is 13.5. The third-order valence-corrected chi connectivity index (χ3v) is 10.3. The number of primary amides is 1. The van der Waals surface area contributed by atoms with Crippen LogP contribution in [0.3, 0.4) is 0 Å². The fourth-order valence-corrected chi connectivity index (χ4v) is 7.73. The van der Waals surface area contributed by atoms with Gasteiger partial charge in [-0.2, -0.15) is 18.4 Å². The highest BCUT2D eigenvalue weighted by Crippen LogP contribution is 2.33. The van der Waals surface area contributed by atoms with Crippen molar-refractivity contribution in [2.75, 3.05) is 38.0 Å². The predicted octanol–water partition coefficient (Wildman–Crippen LogP) is 4.16. The Morgan fingerprint density at radius 2 is 2.00 bits per heavy atom. The van der Waals surface area contributed by atoms with Gasteiger partial charge in [0.05, 0.1) is 17.8 Å². The van der Waals surface area contributed by atoms with Crippen LogP contribution in [0.15, 0.2) is 30.6 Å². The van der Waals surface area contributed by atoms with Gasteiger partial charge in [-0.25, -0.2) is 9.97 Å². The maximum Gasteiger partial charge on any atom is 0.393 e. The smallest absolute Gasteiger partial charge is 0.368 e. The number of hydrogen-bond acceptors (Lipinski definition) is 9. The average molecular weight is 654 g/mol. The zero-order valence-electron chi connectivity index (χ0n) is 25.9. The minimum atomic E-state index is -4.26. The van der Waals surface area contributed by atoms with Crippen molar-refractivity contribution in [3.8, 4) is 6.07 Å². The number of nitrogens with zero attached hydrogens (tertiary/aromatic N) is 6. The van der Waals surface area contributed by atoms with Crippen LogP contribution >= 0.6 is 11.3 Å². The highest BCUT2D eigenvalue weighted by atomic mass is 32.1. The fourth-order valence-electron chi connectivity index (χ4n) is 6.70. The number of benzene rings is 1. The van der Waals surface area contributed by atoms with Crippen LogP contribution in [0.5, 0.6) is 0 Å². The third kappa shape index (κ3) is 6.97. The lowest BCUT2D eigenvalue weighted by atomic mass is 10.0. The molecule has 0 saturated carbocycles. The number of amides is 1. The van der Waals surface area contributed by atoms with E-state index in [9.17, 15) is 23.2 Å². The number of nitriles is 1. The van der Waals surface area contributed by atoms with Crippen LogP contribution in [0.25, 0.3) is 21.1 Å². The molecule has 5 heterocycles. The number of nitrogens with one attached hydrogen (secondary N) is 2. The number of likely N-dealkylation sites (tertiary alicyclic amines) is 1. The number of aryl methyl sites for hydroxylation is 1. The molecule has 2 fully saturated rings. The van der Waals surface area contributed by atoms with Crippen LogP contribution in [0.1, 0.15) is 41.5 Å². The van der Waals surface area contributed by atoms with Gasteiger partial charge in [-0.15, -0.1) is 11.3 Å². The van der Waals surface area contributed by atoms with E-state index in [2.05, 4.69) is 67.0 Å². The number of aromatic nitrogens is 3. The van der Waals surface area contributed by atoms with Crippen LogP contribution in [-0.4, -0.2) is 87.3 Å². The lowest BCUT2D eigenvalue weighted by molar-refractivity contribution is -0.126. The number of rotatable bonds is 9. The Morgan fingerprint density at radius 3 is 2.72 bits per heavy atom. The number of carbonyl (C=O) groups is 1. The largest absolute Gasteiger partial charge is 0.393 e. The summed E-state index contributed by atoms with van der Waals surface area (Å²) in [5, 5.41) is 18.3. The van der Waals surface area contributed by atoms with Crippen molar-refractivity contribution in [3.63, 3.8) is 0 Å². The summed E-state index contributed by atoms with van der Waals surface area (Å²) in [7, 11) is 0. The van der Waals surface area contributed by atoms with Crippen LogP contribution in [-0.2, 0) is 24.3 Å². The second-order valence-electron chi connectivity index (χ2n) is 12.4. The molecule has 1 aromatic carbocycles. The van der Waals surface area contributed by atoms with Crippen molar-refractivity contribution in [1.29, 1.82) is 5.26 Å². The molecule has 2 aliphatic heterocycles. The van der Waals surface area contributed by atoms with E-state index in [1.807, 2.05) is 6.07 Å². The molecule has 3 aromatic heterocycles. The number of piperidine rings is 1. The Morgan fingerprint density at radius 1 is 1.22 bits per heavy atom. The number of anilines is 1. The van der Waals surface area contributed by atoms with Crippen molar-refractivity contribution >= 4 is 44.2 Å². The van der Waals surface area contributed by atoms with Crippen molar-refractivity contribution in [1.82, 2.24) is 29.7 Å². The zero-order chi connectivity index (χ0) is 32.6. The topological polar surface area (TPSA) is 128 Å². The van der Waals surface area contributed by atoms with Gasteiger partial charge in [0.1, 0.15) is 28.7 Å². The van der Waals surface area contributed by atoms with Gasteiger partial charge in [-0.1, -0.05) is 6.07 Å². The lowest BCUT2D eigenvalue weighted by Crippen LogP contribution is -2.58. The van der Waals surface area contributed by atoms with E-state index in [0.29, 0.717) is 41.4 Å². The first-order valence-corrected chi connectivity index (χ1v) is 16.4. The molecule has 6 rings (SSSR count). The Kier molecular flexibility index (Phi) is 9.20. The summed E-state index contributed by atoms with van der Waals surface area (Å²) in [5.41, 5.74) is 9.56. The Balaban J connectivity index is 1.10. The summed E-state index contributed by atoms with van der Waals surface area (Å²) in [4.78, 5) is 25.7. The van der Waals surface area contributed by atoms with Gasteiger partial charge in [0.2, 0.25) is 5.91 Å². The maximum absolute atomic E-state index is 12.9. The number of piperazine rings is 1. The number of nitrogens with two attached hydrogens (primary N) is 1. The Bertz CT molecular complexity index is 1770. The van der Waals surface area contributed by atoms with Crippen LogP contribution in [0, 0.1) is 18.3 Å². The second kappa shape index (κ2) is 13.2. The number of hydrogen-bond donors (Lipinski definition) is 3. The molecular formula is C32H38F3N9OS. The highest BCUT2D eigenvalue weighted by Gasteiger charge is 2.30. The predicted molar refractivity (Wildman–Crippen MR) is 173 cm³/mol. The first-order valence-electron chi connectivity index (χ1n) is 15.6. The van der Waals surface area contributed by atoms with E-state index < -0.39 is 12.6 Å². The summed E-state index contributed by atoms with van der Waals surface area (Å²) in [5.74, 6) is 0.239. The molecule has 0 radical (unpaired) electrons. The van der Waals surface area contributed by atoms with Gasteiger partial charge in [0, 0.05) is 73.7 Å². The summed E-state index contributed by atoms with van der Waals surface area (Å²) in [6.07, 6.45) is -2.07. The number of carbonyl (C=O) groups excluding carboxylic acids is 1. The SMILES string of the molecule is Cc1c(CN2CCC(Nc3ncnc4sc(CC(F)(F)F)cc34)CC2)ccc2c1cc(C#N)n2C[C@H](C)N1CCN[C@H](C(N)=O)C1. The fraction of sp³-hybridized carbons (Fsp3) is 0.500. The van der Waals surface area contributed by atoms with Crippen molar-refractivity contribution in [2.45, 2.75) is 70.5 Å². The molecule has 0 unspecified atom stereocenters. The van der Waals surface area contributed by atoms with Crippen LogP contribution in [0.4, 0.5) is 19.0 Å². The number of halogens is 3. The quantitative estimate of drug-likeness (QED) is 0.246. The molecule has 4 aromatic rings. The molecule has 0 aliphatic carbocycles. The lowest BCUT2D eigenvalue weighted by Gasteiger charge is -2.36. The molecule has 10 nitrogen and oxygen atoms in total. The summed E-state index contributed by atoms with van der Waals surface area (Å²) in [6.45, 7) is 9.43. The van der Waals surface area contributed by atoms with Gasteiger partial charge < -0.3 is 20.9 Å². The molecule has 0 spiro atoms. The molecule has 4 N–H and O–H groups in total. The highest BCUT2D eigenvalue weighted by molar-refractivity contribution is 7.18. The van der Waals surface area contributed by atoms with E-state index in [1.165, 1.54) is 11.9 Å². The van der Waals surface area contributed by atoms with E-state index in [-0.39, 0.29) is 28.9 Å². The van der Waals surface area contributed by atoms with Crippen molar-refractivity contribution in [2.24, 2.45) is 5.73 Å². The normalized spacial score (nSPS) is 19.4. The first kappa shape index (κ1) is 32.2. The number of alkyl halides is 3. The minimum absolute atomic E-state index is 0.113. The average Bonchev–Trinajstić information content (AvgIpc) is 3.60. The summed E-state index contributed by atoms with van der Waals surface area (Å²) < 4.78 is 40.9. The summed E-state index contributed by atoms with van der Waals surface area (Å²) in [6, 6.07) is 10.1. The zero-order valence-corrected chi connectivity index (χ0v) is 26.7. The maximum atomic E-state index is 12.9. The van der Waals surface area contributed by atoms with E-state index in [0.717, 1.165) is 66.8 Å². The van der Waals surface area contributed by atoms with E-state index in [4.69, 9.17) is 5.73 Å².